The Kier molecular flexibility index (Phi) is 6.44. The van der Waals surface area contributed by atoms with E-state index in [4.69, 9.17) is 4.74 Å². The zero-order valence-electron chi connectivity index (χ0n) is 13.7. The lowest BCUT2D eigenvalue weighted by Gasteiger charge is -2.38. The first-order chi connectivity index (χ1) is 9.94. The van der Waals surface area contributed by atoms with Gasteiger partial charge in [-0.3, -0.25) is 4.90 Å². The molecule has 2 N–H and O–H groups in total. The van der Waals surface area contributed by atoms with Gasteiger partial charge in [0.25, 0.3) is 0 Å². The summed E-state index contributed by atoms with van der Waals surface area (Å²) < 4.78 is 5.73. The molecule has 0 spiro atoms. The molecule has 124 valence electrons. The Hall–Kier alpha value is -0.200. The van der Waals surface area contributed by atoms with Crippen molar-refractivity contribution in [2.45, 2.75) is 58.0 Å². The second-order valence-electron chi connectivity index (χ2n) is 7.03. The zero-order valence-corrected chi connectivity index (χ0v) is 13.7. The lowest BCUT2D eigenvalue weighted by atomic mass is 9.93. The van der Waals surface area contributed by atoms with Crippen LogP contribution in [0.15, 0.2) is 0 Å². The minimum Gasteiger partial charge on any atom is -0.393 e. The average molecular weight is 300 g/mol. The summed E-state index contributed by atoms with van der Waals surface area (Å²) in [6, 6.07) is 0. The van der Waals surface area contributed by atoms with Crippen molar-refractivity contribution in [3.05, 3.63) is 0 Å². The number of morpholine rings is 1. The number of hydrogen-bond acceptors (Lipinski definition) is 5. The molecule has 2 aliphatic rings. The van der Waals surface area contributed by atoms with Gasteiger partial charge in [0.1, 0.15) is 0 Å². The normalized spacial score (nSPS) is 35.6. The average Bonchev–Trinajstić information content (AvgIpc) is 2.37. The molecule has 5 unspecified atom stereocenters. The van der Waals surface area contributed by atoms with Gasteiger partial charge in [0.15, 0.2) is 0 Å². The molecule has 0 aromatic carbocycles. The van der Waals surface area contributed by atoms with E-state index in [1.807, 2.05) is 6.92 Å². The van der Waals surface area contributed by atoms with Crippen molar-refractivity contribution in [2.75, 3.05) is 39.3 Å². The largest absolute Gasteiger partial charge is 0.393 e. The van der Waals surface area contributed by atoms with Crippen LogP contribution in [0, 0.1) is 5.92 Å². The molecule has 2 aliphatic heterocycles. The fourth-order valence-corrected chi connectivity index (χ4v) is 3.74. The molecule has 0 saturated carbocycles. The van der Waals surface area contributed by atoms with E-state index in [0.29, 0.717) is 19.0 Å². The van der Waals surface area contributed by atoms with E-state index < -0.39 is 0 Å². The number of aliphatic hydroxyl groups is 2. The van der Waals surface area contributed by atoms with E-state index >= 15 is 0 Å². The summed E-state index contributed by atoms with van der Waals surface area (Å²) in [5, 5.41) is 20.1. The SMILES string of the molecule is CC1CN(CC(O)CN2CCCC(C(C)O)C2)CC(C)O1. The summed E-state index contributed by atoms with van der Waals surface area (Å²) in [6.07, 6.45) is 2.14. The van der Waals surface area contributed by atoms with Crippen molar-refractivity contribution in [3.63, 3.8) is 0 Å². The van der Waals surface area contributed by atoms with Gasteiger partial charge in [-0.2, -0.15) is 0 Å². The van der Waals surface area contributed by atoms with Crippen molar-refractivity contribution in [1.29, 1.82) is 0 Å². The highest BCUT2D eigenvalue weighted by Crippen LogP contribution is 2.20. The molecular weight excluding hydrogens is 268 g/mol. The summed E-state index contributed by atoms with van der Waals surface area (Å²) in [5.74, 6) is 0.356. The quantitative estimate of drug-likeness (QED) is 0.776. The van der Waals surface area contributed by atoms with Crippen LogP contribution >= 0.6 is 0 Å². The molecule has 0 bridgehead atoms. The van der Waals surface area contributed by atoms with Crippen LogP contribution < -0.4 is 0 Å². The van der Waals surface area contributed by atoms with Crippen LogP contribution in [0.3, 0.4) is 0 Å². The number of β-amino-alcohol motifs (C(OH)–C–C–N with tert-alkyl or cyclic N) is 1. The lowest BCUT2D eigenvalue weighted by molar-refractivity contribution is -0.0788. The molecule has 0 aliphatic carbocycles. The van der Waals surface area contributed by atoms with E-state index in [1.165, 1.54) is 0 Å². The fourth-order valence-electron chi connectivity index (χ4n) is 3.74. The second kappa shape index (κ2) is 7.88. The van der Waals surface area contributed by atoms with Crippen molar-refractivity contribution >= 4 is 0 Å². The Morgan fingerprint density at radius 1 is 1.05 bits per heavy atom. The number of ether oxygens (including phenoxy) is 1. The molecule has 0 aromatic heterocycles. The number of hydrogen-bond donors (Lipinski definition) is 2. The third kappa shape index (κ3) is 5.49. The van der Waals surface area contributed by atoms with Crippen molar-refractivity contribution in [3.8, 4) is 0 Å². The molecule has 2 fully saturated rings. The fraction of sp³-hybridized carbons (Fsp3) is 1.00. The Balaban J connectivity index is 1.74. The van der Waals surface area contributed by atoms with Crippen LogP contribution in [0.1, 0.15) is 33.6 Å². The maximum atomic E-state index is 10.4. The van der Waals surface area contributed by atoms with E-state index in [-0.39, 0.29) is 24.4 Å². The summed E-state index contributed by atoms with van der Waals surface area (Å²) in [6.45, 7) is 11.2. The lowest BCUT2D eigenvalue weighted by Crippen LogP contribution is -2.50. The minimum absolute atomic E-state index is 0.245. The van der Waals surface area contributed by atoms with Gasteiger partial charge >= 0.3 is 0 Å². The number of nitrogens with zero attached hydrogens (tertiary/aromatic N) is 2. The predicted octanol–water partition coefficient (Wildman–Crippen LogP) is 0.549. The molecule has 5 heteroatoms. The molecule has 0 amide bonds. The van der Waals surface area contributed by atoms with E-state index in [2.05, 4.69) is 23.6 Å². The van der Waals surface area contributed by atoms with Gasteiger partial charge in [0.2, 0.25) is 0 Å². The summed E-state index contributed by atoms with van der Waals surface area (Å²) in [4.78, 5) is 4.61. The molecule has 0 radical (unpaired) electrons. The first-order valence-electron chi connectivity index (χ1n) is 8.40. The molecule has 5 nitrogen and oxygen atoms in total. The van der Waals surface area contributed by atoms with Crippen molar-refractivity contribution in [1.82, 2.24) is 9.80 Å². The molecular formula is C16H32N2O3. The van der Waals surface area contributed by atoms with Gasteiger partial charge in [-0.25, -0.2) is 0 Å². The molecule has 2 rings (SSSR count). The molecule has 2 heterocycles. The van der Waals surface area contributed by atoms with Gasteiger partial charge in [0, 0.05) is 32.7 Å². The second-order valence-corrected chi connectivity index (χ2v) is 7.03. The van der Waals surface area contributed by atoms with Gasteiger partial charge in [0.05, 0.1) is 24.4 Å². The van der Waals surface area contributed by atoms with Crippen LogP contribution in [-0.4, -0.2) is 83.7 Å². The maximum absolute atomic E-state index is 10.4. The van der Waals surface area contributed by atoms with E-state index in [9.17, 15) is 10.2 Å². The Morgan fingerprint density at radius 2 is 1.67 bits per heavy atom. The van der Waals surface area contributed by atoms with Crippen molar-refractivity contribution in [2.24, 2.45) is 5.92 Å². The van der Waals surface area contributed by atoms with Crippen LogP contribution in [0.5, 0.6) is 0 Å². The smallest absolute Gasteiger partial charge is 0.0793 e. The van der Waals surface area contributed by atoms with Crippen LogP contribution in [-0.2, 0) is 4.74 Å². The third-order valence-corrected chi connectivity index (χ3v) is 4.66. The predicted molar refractivity (Wildman–Crippen MR) is 83.3 cm³/mol. The van der Waals surface area contributed by atoms with Crippen LogP contribution in [0.2, 0.25) is 0 Å². The van der Waals surface area contributed by atoms with Gasteiger partial charge in [-0.1, -0.05) is 0 Å². The third-order valence-electron chi connectivity index (χ3n) is 4.66. The Morgan fingerprint density at radius 3 is 2.29 bits per heavy atom. The topological polar surface area (TPSA) is 56.2 Å². The Labute approximate surface area is 128 Å². The van der Waals surface area contributed by atoms with Crippen molar-refractivity contribution < 1.29 is 14.9 Å². The molecule has 0 aromatic rings. The maximum Gasteiger partial charge on any atom is 0.0793 e. The highest BCUT2D eigenvalue weighted by molar-refractivity contribution is 4.80. The van der Waals surface area contributed by atoms with E-state index in [1.54, 1.807) is 0 Å². The first-order valence-corrected chi connectivity index (χ1v) is 8.40. The zero-order chi connectivity index (χ0) is 15.4. The molecule has 5 atom stereocenters. The molecule has 2 saturated heterocycles. The van der Waals surface area contributed by atoms with Gasteiger partial charge < -0.3 is 19.8 Å². The number of likely N-dealkylation sites (tertiary alicyclic amines) is 1. The van der Waals surface area contributed by atoms with Crippen LogP contribution in [0.4, 0.5) is 0 Å². The van der Waals surface area contributed by atoms with Crippen LogP contribution in [0.25, 0.3) is 0 Å². The minimum atomic E-state index is -0.324. The van der Waals surface area contributed by atoms with Gasteiger partial charge in [-0.15, -0.1) is 0 Å². The summed E-state index contributed by atoms with van der Waals surface area (Å²) in [5.41, 5.74) is 0. The standard InChI is InChI=1S/C16H32N2O3/c1-12-7-18(8-13(2)21-12)11-16(20)10-17-6-4-5-15(9-17)14(3)19/h12-16,19-20H,4-11H2,1-3H3. The highest BCUT2D eigenvalue weighted by atomic mass is 16.5. The number of aliphatic hydroxyl groups excluding tert-OH is 2. The van der Waals surface area contributed by atoms with E-state index in [0.717, 1.165) is 39.0 Å². The van der Waals surface area contributed by atoms with Gasteiger partial charge in [-0.05, 0) is 46.1 Å². The highest BCUT2D eigenvalue weighted by Gasteiger charge is 2.27. The monoisotopic (exact) mass is 300 g/mol. The first kappa shape index (κ1) is 17.2. The number of rotatable bonds is 5. The summed E-state index contributed by atoms with van der Waals surface area (Å²) in [7, 11) is 0. The molecule has 21 heavy (non-hydrogen) atoms. The Bertz CT molecular complexity index is 304. The number of piperidine rings is 1. The summed E-state index contributed by atoms with van der Waals surface area (Å²) >= 11 is 0.